The molecular weight excluding hydrogens is 200 g/mol. The van der Waals surface area contributed by atoms with Crippen molar-refractivity contribution in [2.45, 2.75) is 25.5 Å². The molecule has 84 valence electrons. The summed E-state index contributed by atoms with van der Waals surface area (Å²) >= 11 is 0. The number of hydrogen-bond acceptors (Lipinski definition) is 4. The van der Waals surface area contributed by atoms with Gasteiger partial charge < -0.3 is 14.7 Å². The van der Waals surface area contributed by atoms with E-state index in [0.29, 0.717) is 19.6 Å². The van der Waals surface area contributed by atoms with Crippen LogP contribution in [0.4, 0.5) is 4.79 Å². The van der Waals surface area contributed by atoms with Crippen LogP contribution in [-0.4, -0.2) is 47.9 Å². The van der Waals surface area contributed by atoms with Crippen LogP contribution >= 0.6 is 0 Å². The molecule has 0 aromatic carbocycles. The number of ether oxygens (including phenoxy) is 1. The Morgan fingerprint density at radius 3 is 3.07 bits per heavy atom. The third-order valence-corrected chi connectivity index (χ3v) is 2.27. The summed E-state index contributed by atoms with van der Waals surface area (Å²) in [5.41, 5.74) is 8.24. The summed E-state index contributed by atoms with van der Waals surface area (Å²) in [6, 6.07) is -0.444. The van der Waals surface area contributed by atoms with Crippen LogP contribution in [0.2, 0.25) is 0 Å². The Bertz CT molecular complexity index is 277. The van der Waals surface area contributed by atoms with Gasteiger partial charge in [0.15, 0.2) is 0 Å². The molecule has 7 heteroatoms. The quantitative estimate of drug-likeness (QED) is 0.419. The summed E-state index contributed by atoms with van der Waals surface area (Å²) in [5.74, 6) is 0. The molecule has 15 heavy (non-hydrogen) atoms. The van der Waals surface area contributed by atoms with Gasteiger partial charge in [-0.05, 0) is 18.9 Å². The molecule has 0 bridgehead atoms. The molecule has 0 spiro atoms. The molecule has 0 radical (unpaired) electrons. The Labute approximate surface area is 87.3 Å². The van der Waals surface area contributed by atoms with Crippen molar-refractivity contribution >= 4 is 6.09 Å². The van der Waals surface area contributed by atoms with Gasteiger partial charge in [-0.15, -0.1) is 0 Å². The van der Waals surface area contributed by atoms with E-state index >= 15 is 0 Å². The molecule has 1 aliphatic heterocycles. The Kier molecular flexibility index (Phi) is 4.20. The molecule has 2 atom stereocenters. The van der Waals surface area contributed by atoms with Crippen LogP contribution in [0.5, 0.6) is 0 Å². The van der Waals surface area contributed by atoms with E-state index in [9.17, 15) is 9.90 Å². The van der Waals surface area contributed by atoms with Crippen molar-refractivity contribution < 1.29 is 14.6 Å². The zero-order chi connectivity index (χ0) is 11.3. The minimum atomic E-state index is -0.806. The number of hydrogen-bond donors (Lipinski definition) is 1. The maximum Gasteiger partial charge on any atom is 0.409 e. The summed E-state index contributed by atoms with van der Waals surface area (Å²) in [7, 11) is 0. The van der Waals surface area contributed by atoms with Crippen molar-refractivity contribution in [3.8, 4) is 0 Å². The minimum Gasteiger partial charge on any atom is -0.450 e. The lowest BCUT2D eigenvalue weighted by Gasteiger charge is -2.32. The first-order valence-corrected chi connectivity index (χ1v) is 4.83. The molecule has 1 amide bonds. The summed E-state index contributed by atoms with van der Waals surface area (Å²) in [5, 5.41) is 13.0. The zero-order valence-corrected chi connectivity index (χ0v) is 8.54. The highest BCUT2D eigenvalue weighted by molar-refractivity contribution is 5.67. The molecule has 0 aromatic heterocycles. The molecule has 1 aliphatic rings. The topological polar surface area (TPSA) is 98.5 Å². The van der Waals surface area contributed by atoms with E-state index in [1.165, 1.54) is 4.90 Å². The maximum atomic E-state index is 11.3. The lowest BCUT2D eigenvalue weighted by molar-refractivity contribution is 0.0403. The number of piperidine rings is 1. The number of amides is 1. The van der Waals surface area contributed by atoms with Gasteiger partial charge in [0.25, 0.3) is 0 Å². The lowest BCUT2D eigenvalue weighted by Crippen LogP contribution is -2.48. The second-order valence-corrected chi connectivity index (χ2v) is 3.27. The smallest absolute Gasteiger partial charge is 0.409 e. The van der Waals surface area contributed by atoms with Crippen molar-refractivity contribution in [2.75, 3.05) is 19.7 Å². The summed E-state index contributed by atoms with van der Waals surface area (Å²) in [4.78, 5) is 15.4. The van der Waals surface area contributed by atoms with Gasteiger partial charge >= 0.3 is 6.09 Å². The molecule has 1 saturated heterocycles. The second-order valence-electron chi connectivity index (χ2n) is 3.27. The number of azide groups is 1. The predicted octanol–water partition coefficient (Wildman–Crippen LogP) is 0.888. The SMILES string of the molecule is CCOC(=O)N1CC[C@H](N=[N+]=[N-])[C@@H](O)C1. The molecule has 1 N–H and O–H groups in total. The van der Waals surface area contributed by atoms with Gasteiger partial charge in [-0.3, -0.25) is 0 Å². The zero-order valence-electron chi connectivity index (χ0n) is 8.54. The van der Waals surface area contributed by atoms with E-state index in [1.54, 1.807) is 6.92 Å². The summed E-state index contributed by atoms with van der Waals surface area (Å²) in [6.07, 6.45) is -0.778. The highest BCUT2D eigenvalue weighted by Gasteiger charge is 2.29. The molecular formula is C8H14N4O3. The first-order chi connectivity index (χ1) is 7.19. The van der Waals surface area contributed by atoms with E-state index < -0.39 is 18.2 Å². The summed E-state index contributed by atoms with van der Waals surface area (Å²) in [6.45, 7) is 2.63. The van der Waals surface area contributed by atoms with Crippen molar-refractivity contribution in [1.29, 1.82) is 0 Å². The number of aliphatic hydroxyl groups is 1. The molecule has 0 aliphatic carbocycles. The lowest BCUT2D eigenvalue weighted by atomic mass is 10.0. The Hall–Kier alpha value is -1.46. The van der Waals surface area contributed by atoms with Gasteiger partial charge in [-0.1, -0.05) is 5.11 Å². The first-order valence-electron chi connectivity index (χ1n) is 4.83. The molecule has 7 nitrogen and oxygen atoms in total. The van der Waals surface area contributed by atoms with Crippen molar-refractivity contribution in [2.24, 2.45) is 5.11 Å². The average Bonchev–Trinajstić information content (AvgIpc) is 2.21. The first kappa shape index (κ1) is 11.6. The fraction of sp³-hybridized carbons (Fsp3) is 0.875. The summed E-state index contributed by atoms with van der Waals surface area (Å²) < 4.78 is 4.80. The minimum absolute atomic E-state index is 0.155. The van der Waals surface area contributed by atoms with Crippen LogP contribution in [0.3, 0.4) is 0 Å². The molecule has 0 unspecified atom stereocenters. The molecule has 0 aromatic rings. The van der Waals surface area contributed by atoms with Gasteiger partial charge in [0.05, 0.1) is 25.3 Å². The van der Waals surface area contributed by atoms with Crippen molar-refractivity contribution in [1.82, 2.24) is 4.90 Å². The predicted molar refractivity (Wildman–Crippen MR) is 52.2 cm³/mol. The van der Waals surface area contributed by atoms with Crippen molar-refractivity contribution in [3.63, 3.8) is 0 Å². The normalized spacial score (nSPS) is 25.6. The fourth-order valence-corrected chi connectivity index (χ4v) is 1.50. The van der Waals surface area contributed by atoms with Crippen LogP contribution < -0.4 is 0 Å². The largest absolute Gasteiger partial charge is 0.450 e. The number of carbonyl (C=O) groups excluding carboxylic acids is 1. The highest BCUT2D eigenvalue weighted by Crippen LogP contribution is 2.15. The number of carbonyl (C=O) groups is 1. The van der Waals surface area contributed by atoms with E-state index in [0.717, 1.165) is 0 Å². The third kappa shape index (κ3) is 3.00. The third-order valence-electron chi connectivity index (χ3n) is 2.27. The highest BCUT2D eigenvalue weighted by atomic mass is 16.6. The van der Waals surface area contributed by atoms with Gasteiger partial charge in [0.1, 0.15) is 0 Å². The van der Waals surface area contributed by atoms with Crippen LogP contribution in [0.25, 0.3) is 10.4 Å². The van der Waals surface area contributed by atoms with E-state index in [4.69, 9.17) is 10.3 Å². The standard InChI is InChI=1S/C8H14N4O3/c1-2-15-8(14)12-4-3-6(10-11-9)7(13)5-12/h6-7,13H,2-5H2,1H3/t6-,7-/m0/s1. The number of β-amino-alcohol motifs (C(OH)–C–C–N with tert-alkyl or cyclic N) is 1. The van der Waals surface area contributed by atoms with Gasteiger partial charge in [0.2, 0.25) is 0 Å². The fourth-order valence-electron chi connectivity index (χ4n) is 1.50. The van der Waals surface area contributed by atoms with Crippen LogP contribution in [-0.2, 0) is 4.74 Å². The number of likely N-dealkylation sites (tertiary alicyclic amines) is 1. The van der Waals surface area contributed by atoms with E-state index in [1.807, 2.05) is 0 Å². The molecule has 1 fully saturated rings. The molecule has 1 heterocycles. The number of nitrogens with zero attached hydrogens (tertiary/aromatic N) is 4. The van der Waals surface area contributed by atoms with Gasteiger partial charge in [-0.2, -0.15) is 0 Å². The Balaban J connectivity index is 2.50. The average molecular weight is 214 g/mol. The molecule has 0 saturated carbocycles. The monoisotopic (exact) mass is 214 g/mol. The van der Waals surface area contributed by atoms with E-state index in [2.05, 4.69) is 10.0 Å². The Morgan fingerprint density at radius 2 is 2.53 bits per heavy atom. The van der Waals surface area contributed by atoms with Crippen LogP contribution in [0.15, 0.2) is 5.11 Å². The van der Waals surface area contributed by atoms with Gasteiger partial charge in [0, 0.05) is 11.5 Å². The van der Waals surface area contributed by atoms with E-state index in [-0.39, 0.29) is 6.54 Å². The van der Waals surface area contributed by atoms with Gasteiger partial charge in [-0.25, -0.2) is 4.79 Å². The van der Waals surface area contributed by atoms with Crippen LogP contribution in [0.1, 0.15) is 13.3 Å². The van der Waals surface area contributed by atoms with Crippen molar-refractivity contribution in [3.05, 3.63) is 10.4 Å². The van der Waals surface area contributed by atoms with Crippen LogP contribution in [0, 0.1) is 0 Å². The number of aliphatic hydroxyl groups excluding tert-OH is 1. The Morgan fingerprint density at radius 1 is 1.80 bits per heavy atom. The molecule has 1 rings (SSSR count). The maximum absolute atomic E-state index is 11.3. The second kappa shape index (κ2) is 5.43. The number of rotatable bonds is 2.